The number of hydrogen-bond acceptors (Lipinski definition) is 6. The number of carbonyl (C=O) groups is 1. The summed E-state index contributed by atoms with van der Waals surface area (Å²) in [7, 11) is -3.19. The van der Waals surface area contributed by atoms with Crippen molar-refractivity contribution in [3.05, 3.63) is 39.4 Å². The topological polar surface area (TPSA) is 60.4 Å². The van der Waals surface area contributed by atoms with Gasteiger partial charge in [-0.25, -0.2) is 13.2 Å². The maximum atomic E-state index is 11.9. The first-order chi connectivity index (χ1) is 9.08. The molecule has 2 aromatic rings. The molecule has 0 fully saturated rings. The van der Waals surface area contributed by atoms with Crippen LogP contribution in [0.1, 0.15) is 27.8 Å². The minimum Gasteiger partial charge on any atom is -0.453 e. The zero-order valence-corrected chi connectivity index (χ0v) is 12.2. The molecule has 0 bridgehead atoms. The van der Waals surface area contributed by atoms with Crippen LogP contribution in [0.4, 0.5) is 0 Å². The van der Waals surface area contributed by atoms with Gasteiger partial charge in [-0.15, -0.1) is 22.7 Å². The zero-order valence-electron chi connectivity index (χ0n) is 9.74. The Labute approximate surface area is 118 Å². The zero-order chi connectivity index (χ0) is 13.5. The van der Waals surface area contributed by atoms with E-state index in [1.807, 2.05) is 0 Å². The minimum absolute atomic E-state index is 0.0307. The molecule has 0 aliphatic carbocycles. The number of sulfone groups is 1. The van der Waals surface area contributed by atoms with Crippen LogP contribution in [0.15, 0.2) is 33.2 Å². The van der Waals surface area contributed by atoms with Gasteiger partial charge in [-0.1, -0.05) is 6.07 Å². The Morgan fingerprint density at radius 3 is 2.84 bits per heavy atom. The van der Waals surface area contributed by atoms with Gasteiger partial charge in [-0.05, 0) is 22.9 Å². The molecule has 0 aromatic carbocycles. The molecule has 1 atom stereocenters. The lowest BCUT2D eigenvalue weighted by Gasteiger charge is -2.22. The number of carbonyl (C=O) groups excluding carboxylic acids is 1. The van der Waals surface area contributed by atoms with Crippen LogP contribution in [0, 0.1) is 0 Å². The van der Waals surface area contributed by atoms with Crippen LogP contribution in [0.2, 0.25) is 0 Å². The Bertz CT molecular complexity index is 697. The maximum absolute atomic E-state index is 11.9. The van der Waals surface area contributed by atoms with Crippen LogP contribution < -0.4 is 0 Å². The van der Waals surface area contributed by atoms with Gasteiger partial charge in [-0.2, -0.15) is 0 Å². The van der Waals surface area contributed by atoms with Gasteiger partial charge in [0.1, 0.15) is 15.2 Å². The predicted molar refractivity (Wildman–Crippen MR) is 73.5 cm³/mol. The van der Waals surface area contributed by atoms with E-state index in [1.165, 1.54) is 22.7 Å². The Kier molecular flexibility index (Phi) is 3.20. The second kappa shape index (κ2) is 4.73. The number of hydrogen-bond donors (Lipinski definition) is 0. The van der Waals surface area contributed by atoms with Crippen molar-refractivity contribution in [2.24, 2.45) is 0 Å². The van der Waals surface area contributed by atoms with Crippen molar-refractivity contribution in [2.75, 3.05) is 5.75 Å². The molecule has 0 saturated heterocycles. The number of thiophene rings is 2. The van der Waals surface area contributed by atoms with E-state index in [0.29, 0.717) is 21.1 Å². The van der Waals surface area contributed by atoms with E-state index in [-0.39, 0.29) is 5.75 Å². The fraction of sp³-hybridized carbons (Fsp3) is 0.250. The van der Waals surface area contributed by atoms with Crippen LogP contribution in [-0.4, -0.2) is 20.1 Å². The molecule has 3 rings (SSSR count). The molecule has 100 valence electrons. The number of rotatable bonds is 2. The molecule has 0 spiro atoms. The number of ether oxygens (including phenoxy) is 1. The third kappa shape index (κ3) is 2.33. The molecule has 0 amide bonds. The van der Waals surface area contributed by atoms with Gasteiger partial charge >= 0.3 is 5.97 Å². The van der Waals surface area contributed by atoms with Crippen LogP contribution in [0.3, 0.4) is 0 Å². The van der Waals surface area contributed by atoms with Gasteiger partial charge in [0.25, 0.3) is 0 Å². The van der Waals surface area contributed by atoms with Gasteiger partial charge in [0, 0.05) is 12.0 Å². The first-order valence-corrected chi connectivity index (χ1v) is 9.04. The third-order valence-electron chi connectivity index (χ3n) is 2.91. The lowest BCUT2D eigenvalue weighted by atomic mass is 10.1. The van der Waals surface area contributed by atoms with E-state index in [4.69, 9.17) is 4.74 Å². The molecule has 3 heterocycles. The number of fused-ring (bicyclic) bond motifs is 1. The fourth-order valence-electron chi connectivity index (χ4n) is 2.01. The molecule has 7 heteroatoms. The van der Waals surface area contributed by atoms with Crippen molar-refractivity contribution in [3.8, 4) is 0 Å². The van der Waals surface area contributed by atoms with Crippen LogP contribution in [0.5, 0.6) is 0 Å². The molecule has 0 N–H and O–H groups in total. The summed E-state index contributed by atoms with van der Waals surface area (Å²) >= 11 is 2.50. The van der Waals surface area contributed by atoms with Crippen LogP contribution in [-0.2, 0) is 14.6 Å². The molecular weight excluding hydrogens is 304 g/mol. The van der Waals surface area contributed by atoms with Gasteiger partial charge in [0.2, 0.25) is 0 Å². The van der Waals surface area contributed by atoms with Crippen molar-refractivity contribution >= 4 is 38.5 Å². The SMILES string of the molecule is O=C(O[C@H]1CCS(=O)(=O)c2sccc21)c1cccs1. The van der Waals surface area contributed by atoms with Gasteiger partial charge in [0.15, 0.2) is 9.84 Å². The normalized spacial score (nSPS) is 20.7. The van der Waals surface area contributed by atoms with E-state index in [1.54, 1.807) is 29.0 Å². The minimum atomic E-state index is -3.19. The average Bonchev–Trinajstić information content (AvgIpc) is 3.02. The van der Waals surface area contributed by atoms with E-state index in [0.717, 1.165) is 0 Å². The summed E-state index contributed by atoms with van der Waals surface area (Å²) < 4.78 is 29.5. The van der Waals surface area contributed by atoms with Crippen LogP contribution >= 0.6 is 22.7 Å². The lowest BCUT2D eigenvalue weighted by Crippen LogP contribution is -2.21. The predicted octanol–water partition coefficient (Wildman–Crippen LogP) is 2.89. The van der Waals surface area contributed by atoms with Crippen LogP contribution in [0.25, 0.3) is 0 Å². The van der Waals surface area contributed by atoms with E-state index < -0.39 is 21.9 Å². The second-order valence-electron chi connectivity index (χ2n) is 4.14. The first-order valence-electron chi connectivity index (χ1n) is 5.62. The van der Waals surface area contributed by atoms with Gasteiger partial charge < -0.3 is 4.74 Å². The van der Waals surface area contributed by atoms with Gasteiger partial charge in [-0.3, -0.25) is 0 Å². The monoisotopic (exact) mass is 314 g/mol. The quantitative estimate of drug-likeness (QED) is 0.800. The molecule has 1 aliphatic heterocycles. The largest absolute Gasteiger partial charge is 0.453 e. The highest BCUT2D eigenvalue weighted by Gasteiger charge is 2.33. The Balaban J connectivity index is 1.87. The highest BCUT2D eigenvalue weighted by atomic mass is 32.2. The molecule has 2 aromatic heterocycles. The summed E-state index contributed by atoms with van der Waals surface area (Å²) in [6.45, 7) is 0. The lowest BCUT2D eigenvalue weighted by molar-refractivity contribution is 0.0285. The summed E-state index contributed by atoms with van der Waals surface area (Å²) in [4.78, 5) is 12.4. The molecule has 4 nitrogen and oxygen atoms in total. The molecule has 0 unspecified atom stereocenters. The summed E-state index contributed by atoms with van der Waals surface area (Å²) in [5, 5.41) is 3.53. The van der Waals surface area contributed by atoms with E-state index in [2.05, 4.69) is 0 Å². The first kappa shape index (κ1) is 12.8. The van der Waals surface area contributed by atoms with Crippen molar-refractivity contribution in [1.29, 1.82) is 0 Å². The van der Waals surface area contributed by atoms with Crippen molar-refractivity contribution in [1.82, 2.24) is 0 Å². The fourth-order valence-corrected chi connectivity index (χ4v) is 5.56. The van der Waals surface area contributed by atoms with Crippen molar-refractivity contribution in [2.45, 2.75) is 16.7 Å². The third-order valence-corrected chi connectivity index (χ3v) is 7.10. The van der Waals surface area contributed by atoms with E-state index in [9.17, 15) is 13.2 Å². The smallest absolute Gasteiger partial charge is 0.348 e. The second-order valence-corrected chi connectivity index (χ2v) is 8.31. The standard InChI is InChI=1S/C12H10O4S3/c13-11(10-2-1-5-17-10)16-9-4-7-19(14,15)12-8(9)3-6-18-12/h1-3,5-6,9H,4,7H2/t9-/m0/s1. The Morgan fingerprint density at radius 2 is 2.11 bits per heavy atom. The molecule has 0 radical (unpaired) electrons. The maximum Gasteiger partial charge on any atom is 0.348 e. The molecule has 1 aliphatic rings. The molecule has 19 heavy (non-hydrogen) atoms. The molecular formula is C12H10O4S3. The Morgan fingerprint density at radius 1 is 1.26 bits per heavy atom. The highest BCUT2D eigenvalue weighted by Crippen LogP contribution is 2.38. The Hall–Kier alpha value is -1.18. The summed E-state index contributed by atoms with van der Waals surface area (Å²) in [6.07, 6.45) is -0.136. The average molecular weight is 314 g/mol. The molecule has 0 saturated carbocycles. The van der Waals surface area contributed by atoms with E-state index >= 15 is 0 Å². The summed E-state index contributed by atoms with van der Waals surface area (Å²) in [5.41, 5.74) is 0.612. The van der Waals surface area contributed by atoms with Gasteiger partial charge in [0.05, 0.1) is 5.75 Å². The number of esters is 1. The van der Waals surface area contributed by atoms with Crippen molar-refractivity contribution in [3.63, 3.8) is 0 Å². The summed E-state index contributed by atoms with van der Waals surface area (Å²) in [5.74, 6) is -0.362. The highest BCUT2D eigenvalue weighted by molar-refractivity contribution is 7.93. The summed E-state index contributed by atoms with van der Waals surface area (Å²) in [6, 6.07) is 5.20. The van der Waals surface area contributed by atoms with Crippen molar-refractivity contribution < 1.29 is 17.9 Å².